The van der Waals surface area contributed by atoms with Crippen molar-refractivity contribution in [2.75, 3.05) is 11.4 Å². The number of unbranched alkanes of at least 4 members (excludes halogenated alkanes) is 1. The van der Waals surface area contributed by atoms with Crippen LogP contribution < -0.4 is 4.90 Å². The number of aromatic nitrogens is 2. The summed E-state index contributed by atoms with van der Waals surface area (Å²) in [5.41, 5.74) is 3.90. The predicted molar refractivity (Wildman–Crippen MR) is 136 cm³/mol. The zero-order valence-electron chi connectivity index (χ0n) is 19.3. The van der Waals surface area contributed by atoms with E-state index in [9.17, 15) is 4.21 Å². The number of anilines is 1. The standard InChI is InChI=1S/C28H28N4OS/c1-2-3-17-32(26-13-15-28(16-14-26)34(33)27-7-5-4-6-8-27)21-25-20-31(22-30-25)19-24-11-9-23(18-29)10-12-24/h4-16,20,22H,2-3,17,19,21H2,1H3. The minimum absolute atomic E-state index is 0.667. The highest BCUT2D eigenvalue weighted by Gasteiger charge is 2.12. The molecule has 0 saturated carbocycles. The van der Waals surface area contributed by atoms with E-state index < -0.39 is 10.8 Å². The van der Waals surface area contributed by atoms with Gasteiger partial charge in [0.15, 0.2) is 0 Å². The molecule has 1 aromatic heterocycles. The van der Waals surface area contributed by atoms with Gasteiger partial charge < -0.3 is 9.47 Å². The highest BCUT2D eigenvalue weighted by Crippen LogP contribution is 2.22. The van der Waals surface area contributed by atoms with Crippen molar-refractivity contribution in [3.8, 4) is 6.07 Å². The second kappa shape index (κ2) is 11.4. The average Bonchev–Trinajstić information content (AvgIpc) is 3.34. The molecule has 0 radical (unpaired) electrons. The minimum Gasteiger partial charge on any atom is -0.366 e. The Balaban J connectivity index is 1.46. The Morgan fingerprint density at radius 1 is 0.971 bits per heavy atom. The topological polar surface area (TPSA) is 61.9 Å². The summed E-state index contributed by atoms with van der Waals surface area (Å²) in [5.74, 6) is 0. The number of rotatable bonds is 10. The summed E-state index contributed by atoms with van der Waals surface area (Å²) in [7, 11) is -1.18. The van der Waals surface area contributed by atoms with Crippen LogP contribution in [0.1, 0.15) is 36.6 Å². The normalized spacial score (nSPS) is 11.6. The van der Waals surface area contributed by atoms with E-state index in [2.05, 4.69) is 45.8 Å². The van der Waals surface area contributed by atoms with Crippen LogP contribution in [0.3, 0.4) is 0 Å². The highest BCUT2D eigenvalue weighted by atomic mass is 32.2. The third-order valence-electron chi connectivity index (χ3n) is 5.64. The molecule has 0 aliphatic carbocycles. The van der Waals surface area contributed by atoms with Crippen LogP contribution in [0.25, 0.3) is 0 Å². The van der Waals surface area contributed by atoms with Gasteiger partial charge in [0.1, 0.15) is 0 Å². The van der Waals surface area contributed by atoms with Crippen molar-refractivity contribution in [3.63, 3.8) is 0 Å². The molecule has 0 bridgehead atoms. The van der Waals surface area contributed by atoms with Gasteiger partial charge in [0.05, 0.1) is 41.0 Å². The van der Waals surface area contributed by atoms with Crippen molar-refractivity contribution in [3.05, 3.63) is 108 Å². The Kier molecular flexibility index (Phi) is 7.90. The van der Waals surface area contributed by atoms with E-state index >= 15 is 0 Å². The van der Waals surface area contributed by atoms with E-state index in [1.54, 1.807) is 0 Å². The lowest BCUT2D eigenvalue weighted by molar-refractivity contribution is 0.683. The molecule has 0 aliphatic rings. The highest BCUT2D eigenvalue weighted by molar-refractivity contribution is 7.85. The number of hydrogen-bond donors (Lipinski definition) is 0. The summed E-state index contributed by atoms with van der Waals surface area (Å²) in [6.07, 6.45) is 6.14. The molecule has 3 aromatic carbocycles. The molecule has 34 heavy (non-hydrogen) atoms. The molecule has 0 fully saturated rings. The van der Waals surface area contributed by atoms with Gasteiger partial charge >= 0.3 is 0 Å². The van der Waals surface area contributed by atoms with E-state index in [0.717, 1.165) is 46.1 Å². The molecule has 5 nitrogen and oxygen atoms in total. The van der Waals surface area contributed by atoms with Crippen molar-refractivity contribution >= 4 is 16.5 Å². The summed E-state index contributed by atoms with van der Waals surface area (Å²) < 4.78 is 14.9. The summed E-state index contributed by atoms with van der Waals surface area (Å²) in [6, 6.07) is 27.4. The van der Waals surface area contributed by atoms with Crippen LogP contribution in [-0.4, -0.2) is 20.3 Å². The first-order valence-electron chi connectivity index (χ1n) is 11.5. The van der Waals surface area contributed by atoms with Gasteiger partial charge in [-0.2, -0.15) is 5.26 Å². The molecular formula is C28H28N4OS. The maximum absolute atomic E-state index is 12.8. The molecular weight excluding hydrogens is 440 g/mol. The number of imidazole rings is 1. The number of nitriles is 1. The molecule has 172 valence electrons. The molecule has 0 N–H and O–H groups in total. The van der Waals surface area contributed by atoms with Gasteiger partial charge in [-0.05, 0) is 60.5 Å². The first-order valence-corrected chi connectivity index (χ1v) is 12.6. The van der Waals surface area contributed by atoms with Gasteiger partial charge in [-0.25, -0.2) is 9.19 Å². The van der Waals surface area contributed by atoms with Gasteiger partial charge in [0.25, 0.3) is 0 Å². The molecule has 1 heterocycles. The van der Waals surface area contributed by atoms with Crippen molar-refractivity contribution in [2.24, 2.45) is 0 Å². The number of benzene rings is 3. The zero-order valence-corrected chi connectivity index (χ0v) is 20.1. The second-order valence-corrected chi connectivity index (χ2v) is 9.68. The summed E-state index contributed by atoms with van der Waals surface area (Å²) in [4.78, 5) is 8.57. The fourth-order valence-corrected chi connectivity index (χ4v) is 4.83. The lowest BCUT2D eigenvalue weighted by Gasteiger charge is -2.24. The van der Waals surface area contributed by atoms with Crippen LogP contribution in [-0.2, 0) is 23.9 Å². The molecule has 0 spiro atoms. The Labute approximate surface area is 203 Å². The van der Waals surface area contributed by atoms with Gasteiger partial charge in [0, 0.05) is 34.8 Å². The van der Waals surface area contributed by atoms with Crippen molar-refractivity contribution in [1.29, 1.82) is 5.26 Å². The summed E-state index contributed by atoms with van der Waals surface area (Å²) >= 11 is 0. The van der Waals surface area contributed by atoms with Crippen LogP contribution in [0.4, 0.5) is 5.69 Å². The average molecular weight is 469 g/mol. The molecule has 4 rings (SSSR count). The lowest BCUT2D eigenvalue weighted by atomic mass is 10.1. The fourth-order valence-electron chi connectivity index (χ4n) is 3.77. The SMILES string of the molecule is CCCCN(Cc1cn(Cc2ccc(C#N)cc2)cn1)c1ccc(S(=O)c2ccccc2)cc1. The quantitative estimate of drug-likeness (QED) is 0.296. The zero-order chi connectivity index (χ0) is 23.8. The predicted octanol–water partition coefficient (Wildman–Crippen LogP) is 5.78. The van der Waals surface area contributed by atoms with Crippen LogP contribution in [0.15, 0.2) is 101 Å². The lowest BCUT2D eigenvalue weighted by Crippen LogP contribution is -2.24. The Hall–Kier alpha value is -3.69. The molecule has 0 aliphatic heterocycles. The number of nitrogens with zero attached hydrogens (tertiary/aromatic N) is 4. The molecule has 6 heteroatoms. The summed E-state index contributed by atoms with van der Waals surface area (Å²) in [5, 5.41) is 8.97. The fraction of sp³-hybridized carbons (Fsp3) is 0.214. The van der Waals surface area contributed by atoms with Gasteiger partial charge in [-0.15, -0.1) is 0 Å². The van der Waals surface area contributed by atoms with Crippen molar-refractivity contribution in [2.45, 2.75) is 42.6 Å². The molecule has 0 amide bonds. The smallest absolute Gasteiger partial charge is 0.0991 e. The maximum atomic E-state index is 12.8. The largest absolute Gasteiger partial charge is 0.366 e. The van der Waals surface area contributed by atoms with Gasteiger partial charge in [0.2, 0.25) is 0 Å². The third kappa shape index (κ3) is 6.00. The minimum atomic E-state index is -1.18. The van der Waals surface area contributed by atoms with Gasteiger partial charge in [-0.1, -0.05) is 43.7 Å². The van der Waals surface area contributed by atoms with Crippen molar-refractivity contribution in [1.82, 2.24) is 9.55 Å². The second-order valence-electron chi connectivity index (χ2n) is 8.20. The third-order valence-corrected chi connectivity index (χ3v) is 7.04. The molecule has 4 aromatic rings. The Bertz CT molecular complexity index is 1260. The first kappa shape index (κ1) is 23.5. The van der Waals surface area contributed by atoms with E-state index in [0.29, 0.717) is 18.7 Å². The van der Waals surface area contributed by atoms with E-state index in [1.807, 2.05) is 73.1 Å². The Morgan fingerprint density at radius 3 is 2.35 bits per heavy atom. The van der Waals surface area contributed by atoms with E-state index in [1.165, 1.54) is 0 Å². The Morgan fingerprint density at radius 2 is 1.68 bits per heavy atom. The summed E-state index contributed by atoms with van der Waals surface area (Å²) in [6.45, 7) is 4.55. The molecule has 0 saturated heterocycles. The molecule has 1 atom stereocenters. The van der Waals surface area contributed by atoms with E-state index in [4.69, 9.17) is 5.26 Å². The molecule has 1 unspecified atom stereocenters. The maximum Gasteiger partial charge on any atom is 0.0991 e. The van der Waals surface area contributed by atoms with Crippen LogP contribution in [0.2, 0.25) is 0 Å². The van der Waals surface area contributed by atoms with Crippen LogP contribution >= 0.6 is 0 Å². The van der Waals surface area contributed by atoms with Crippen molar-refractivity contribution < 1.29 is 4.21 Å². The number of hydrogen-bond acceptors (Lipinski definition) is 4. The monoisotopic (exact) mass is 468 g/mol. The van der Waals surface area contributed by atoms with Crippen LogP contribution in [0.5, 0.6) is 0 Å². The first-order chi connectivity index (χ1) is 16.7. The van der Waals surface area contributed by atoms with Gasteiger partial charge in [-0.3, -0.25) is 0 Å². The van der Waals surface area contributed by atoms with E-state index in [-0.39, 0.29) is 0 Å². The van der Waals surface area contributed by atoms with Crippen LogP contribution in [0, 0.1) is 11.3 Å².